The third kappa shape index (κ3) is 2.96. The highest BCUT2D eigenvalue weighted by Gasteiger charge is 2.32. The van der Waals surface area contributed by atoms with Gasteiger partial charge in [0, 0.05) is 37.9 Å². The zero-order valence-electron chi connectivity index (χ0n) is 12.4. The van der Waals surface area contributed by atoms with Crippen LogP contribution in [0.4, 0.5) is 10.5 Å². The molecule has 2 amide bonds. The predicted octanol–water partition coefficient (Wildman–Crippen LogP) is 2.62. The van der Waals surface area contributed by atoms with Gasteiger partial charge in [0.2, 0.25) is 0 Å². The smallest absolute Gasteiger partial charge is 0.321 e. The number of carbonyl (C=O) groups is 1. The molecule has 1 aromatic carbocycles. The monoisotopic (exact) mass is 273 g/mol. The minimum atomic E-state index is 0.0362. The molecule has 3 rings (SSSR count). The Morgan fingerprint density at radius 3 is 2.50 bits per heavy atom. The molecule has 20 heavy (non-hydrogen) atoms. The van der Waals surface area contributed by atoms with Gasteiger partial charge >= 0.3 is 6.03 Å². The van der Waals surface area contributed by atoms with Crippen molar-refractivity contribution in [1.29, 1.82) is 0 Å². The molecule has 0 radical (unpaired) electrons. The lowest BCUT2D eigenvalue weighted by Gasteiger charge is -2.34. The highest BCUT2D eigenvalue weighted by molar-refractivity contribution is 5.90. The van der Waals surface area contributed by atoms with Crippen molar-refractivity contribution in [2.45, 2.75) is 32.7 Å². The molecule has 1 saturated heterocycles. The van der Waals surface area contributed by atoms with Crippen LogP contribution in [-0.2, 0) is 0 Å². The van der Waals surface area contributed by atoms with E-state index in [4.69, 9.17) is 0 Å². The fourth-order valence-corrected chi connectivity index (χ4v) is 2.79. The van der Waals surface area contributed by atoms with E-state index < -0.39 is 0 Å². The molecule has 2 aliphatic rings. The Morgan fingerprint density at radius 1 is 1.15 bits per heavy atom. The van der Waals surface area contributed by atoms with Crippen LogP contribution in [0.3, 0.4) is 0 Å². The van der Waals surface area contributed by atoms with Gasteiger partial charge in [-0.05, 0) is 43.9 Å². The van der Waals surface area contributed by atoms with Gasteiger partial charge in [-0.25, -0.2) is 4.79 Å². The maximum absolute atomic E-state index is 12.3. The first-order valence-corrected chi connectivity index (χ1v) is 7.51. The van der Waals surface area contributed by atoms with Crippen molar-refractivity contribution < 1.29 is 4.79 Å². The van der Waals surface area contributed by atoms with E-state index >= 15 is 0 Å². The Hall–Kier alpha value is -1.55. The van der Waals surface area contributed by atoms with Crippen molar-refractivity contribution in [2.75, 3.05) is 31.5 Å². The summed E-state index contributed by atoms with van der Waals surface area (Å²) in [5.74, 6) is 0. The molecule has 0 unspecified atom stereocenters. The Balaban J connectivity index is 1.57. The number of nitrogens with zero attached hydrogens (tertiary/aromatic N) is 2. The number of nitrogens with one attached hydrogen (secondary N) is 1. The summed E-state index contributed by atoms with van der Waals surface area (Å²) in [5, 5.41) is 3.05. The van der Waals surface area contributed by atoms with Crippen molar-refractivity contribution in [2.24, 2.45) is 0 Å². The van der Waals surface area contributed by atoms with Crippen LogP contribution in [0.15, 0.2) is 18.2 Å². The third-order valence-corrected chi connectivity index (χ3v) is 4.30. The number of anilines is 1. The summed E-state index contributed by atoms with van der Waals surface area (Å²) in [6.07, 6.45) is 2.68. The number of amides is 2. The number of aryl methyl sites for hydroxylation is 2. The average molecular weight is 273 g/mol. The van der Waals surface area contributed by atoms with Gasteiger partial charge in [-0.3, -0.25) is 4.90 Å². The van der Waals surface area contributed by atoms with E-state index in [2.05, 4.69) is 22.3 Å². The maximum atomic E-state index is 12.3. The van der Waals surface area contributed by atoms with Crippen LogP contribution in [0.1, 0.15) is 24.0 Å². The summed E-state index contributed by atoms with van der Waals surface area (Å²) >= 11 is 0. The number of urea groups is 1. The molecule has 0 bridgehead atoms. The van der Waals surface area contributed by atoms with E-state index in [1.165, 1.54) is 18.4 Å². The van der Waals surface area contributed by atoms with E-state index in [0.717, 1.165) is 43.5 Å². The summed E-state index contributed by atoms with van der Waals surface area (Å²) in [7, 11) is 0. The van der Waals surface area contributed by atoms with Crippen LogP contribution in [0.25, 0.3) is 0 Å². The molecule has 0 spiro atoms. The largest absolute Gasteiger partial charge is 0.322 e. The van der Waals surface area contributed by atoms with Gasteiger partial charge < -0.3 is 10.2 Å². The summed E-state index contributed by atoms with van der Waals surface area (Å²) in [4.78, 5) is 16.8. The summed E-state index contributed by atoms with van der Waals surface area (Å²) in [6.45, 7) is 7.79. The molecule has 1 heterocycles. The van der Waals surface area contributed by atoms with Crippen molar-refractivity contribution in [1.82, 2.24) is 9.80 Å². The van der Waals surface area contributed by atoms with Crippen molar-refractivity contribution in [3.8, 4) is 0 Å². The number of carbonyl (C=O) groups excluding carboxylic acids is 1. The lowest BCUT2D eigenvalue weighted by Crippen LogP contribution is -2.50. The lowest BCUT2D eigenvalue weighted by atomic mass is 10.1. The second-order valence-corrected chi connectivity index (χ2v) is 6.00. The van der Waals surface area contributed by atoms with Gasteiger partial charge in [0.1, 0.15) is 0 Å². The second-order valence-electron chi connectivity index (χ2n) is 6.00. The fourth-order valence-electron chi connectivity index (χ4n) is 2.79. The minimum absolute atomic E-state index is 0.0362. The third-order valence-electron chi connectivity index (χ3n) is 4.30. The van der Waals surface area contributed by atoms with E-state index in [0.29, 0.717) is 0 Å². The molecule has 0 aromatic heterocycles. The van der Waals surface area contributed by atoms with E-state index in [9.17, 15) is 4.79 Å². The number of hydrogen-bond acceptors (Lipinski definition) is 2. The second kappa shape index (κ2) is 5.44. The number of hydrogen-bond donors (Lipinski definition) is 1. The van der Waals surface area contributed by atoms with E-state index in [-0.39, 0.29) is 6.03 Å². The average Bonchev–Trinajstić information content (AvgIpc) is 3.27. The normalized spacial score (nSPS) is 20.0. The quantitative estimate of drug-likeness (QED) is 0.899. The molecule has 4 heteroatoms. The van der Waals surface area contributed by atoms with Crippen molar-refractivity contribution in [3.05, 3.63) is 29.3 Å². The zero-order chi connectivity index (χ0) is 14.1. The van der Waals surface area contributed by atoms with Crippen LogP contribution < -0.4 is 5.32 Å². The van der Waals surface area contributed by atoms with Gasteiger partial charge in [-0.15, -0.1) is 0 Å². The van der Waals surface area contributed by atoms with Crippen LogP contribution >= 0.6 is 0 Å². The first kappa shape index (κ1) is 13.4. The molecular weight excluding hydrogens is 250 g/mol. The Bertz CT molecular complexity index is 502. The number of piperazine rings is 1. The zero-order valence-corrected chi connectivity index (χ0v) is 12.4. The molecule has 1 aliphatic carbocycles. The van der Waals surface area contributed by atoms with E-state index in [1.807, 2.05) is 24.8 Å². The first-order valence-electron chi connectivity index (χ1n) is 7.51. The molecule has 1 aromatic rings. The van der Waals surface area contributed by atoms with Crippen molar-refractivity contribution >= 4 is 11.7 Å². The summed E-state index contributed by atoms with van der Waals surface area (Å²) in [5.41, 5.74) is 3.21. The highest BCUT2D eigenvalue weighted by Crippen LogP contribution is 2.27. The summed E-state index contributed by atoms with van der Waals surface area (Å²) in [6, 6.07) is 7.00. The number of rotatable bonds is 2. The van der Waals surface area contributed by atoms with Gasteiger partial charge in [0.05, 0.1) is 0 Å². The molecule has 1 N–H and O–H groups in total. The van der Waals surface area contributed by atoms with Gasteiger partial charge in [-0.2, -0.15) is 0 Å². The minimum Gasteiger partial charge on any atom is -0.322 e. The molecule has 2 fully saturated rings. The molecule has 1 aliphatic heterocycles. The topological polar surface area (TPSA) is 35.6 Å². The van der Waals surface area contributed by atoms with Crippen LogP contribution in [0, 0.1) is 13.8 Å². The first-order chi connectivity index (χ1) is 9.63. The van der Waals surface area contributed by atoms with Crippen LogP contribution in [0.5, 0.6) is 0 Å². The molecule has 1 saturated carbocycles. The lowest BCUT2D eigenvalue weighted by molar-refractivity contribution is 0.142. The number of benzene rings is 1. The molecule has 4 nitrogen and oxygen atoms in total. The van der Waals surface area contributed by atoms with E-state index in [1.54, 1.807) is 0 Å². The Morgan fingerprint density at radius 2 is 1.85 bits per heavy atom. The van der Waals surface area contributed by atoms with Gasteiger partial charge in [0.25, 0.3) is 0 Å². The van der Waals surface area contributed by atoms with Gasteiger partial charge in [-0.1, -0.05) is 12.1 Å². The molecule has 0 atom stereocenters. The Labute approximate surface area is 120 Å². The molecular formula is C16H23N3O. The predicted molar refractivity (Wildman–Crippen MR) is 81.1 cm³/mol. The van der Waals surface area contributed by atoms with Gasteiger partial charge in [0.15, 0.2) is 0 Å². The van der Waals surface area contributed by atoms with Crippen LogP contribution in [0.2, 0.25) is 0 Å². The fraction of sp³-hybridized carbons (Fsp3) is 0.562. The molecule has 108 valence electrons. The summed E-state index contributed by atoms with van der Waals surface area (Å²) < 4.78 is 0. The van der Waals surface area contributed by atoms with Crippen molar-refractivity contribution in [3.63, 3.8) is 0 Å². The Kier molecular flexibility index (Phi) is 3.66. The highest BCUT2D eigenvalue weighted by atomic mass is 16.2. The standard InChI is InChI=1S/C16H23N3O/c1-12-3-4-13(2)15(11-12)17-16(20)19-9-7-18(8-10-19)14-5-6-14/h3-4,11,14H,5-10H2,1-2H3,(H,17,20). The van der Waals surface area contributed by atoms with Crippen LogP contribution in [-0.4, -0.2) is 48.1 Å². The maximum Gasteiger partial charge on any atom is 0.321 e. The SMILES string of the molecule is Cc1ccc(C)c(NC(=O)N2CCN(C3CC3)CC2)c1.